The number of hydrogen-bond donors (Lipinski definition) is 0. The van der Waals surface area contributed by atoms with E-state index in [1.807, 2.05) is 6.92 Å². The van der Waals surface area contributed by atoms with Crippen molar-refractivity contribution in [1.29, 1.82) is 0 Å². The van der Waals surface area contributed by atoms with Gasteiger partial charge < -0.3 is 13.5 Å². The summed E-state index contributed by atoms with van der Waals surface area (Å²) >= 11 is 0. The zero-order chi connectivity index (χ0) is 5.41. The molecule has 1 radical (unpaired) electrons. The van der Waals surface area contributed by atoms with Crippen LogP contribution in [-0.2, 0) is 32.7 Å². The van der Waals surface area contributed by atoms with Crippen LogP contribution in [0.2, 0.25) is 0 Å². The molecule has 0 aromatic heterocycles. The minimum atomic E-state index is 0. The molecule has 0 nitrogen and oxygen atoms in total. The zero-order valence-electron chi connectivity index (χ0n) is 5.15. The van der Waals surface area contributed by atoms with Gasteiger partial charge >= 0.3 is 0 Å². The molecule has 41 valence electrons. The molecule has 0 amide bonds. The molecule has 0 aromatic carbocycles. The molecule has 0 fully saturated rings. The summed E-state index contributed by atoms with van der Waals surface area (Å²) in [6.45, 7) is 12.0. The van der Waals surface area contributed by atoms with Crippen LogP contribution in [0.15, 0.2) is 6.08 Å². The molecule has 1 heteroatoms. The van der Waals surface area contributed by atoms with Crippen LogP contribution < -0.4 is 0 Å². The van der Waals surface area contributed by atoms with Crippen molar-refractivity contribution >= 4 is 0 Å². The first-order valence-corrected chi connectivity index (χ1v) is 2.12. The summed E-state index contributed by atoms with van der Waals surface area (Å²) in [5.41, 5.74) is 0. The van der Waals surface area contributed by atoms with Crippen molar-refractivity contribution in [1.82, 2.24) is 0 Å². The Morgan fingerprint density at radius 1 is 1.71 bits per heavy atom. The van der Waals surface area contributed by atoms with E-state index in [2.05, 4.69) is 6.92 Å². The summed E-state index contributed by atoms with van der Waals surface area (Å²) in [4.78, 5) is 0. The quantitative estimate of drug-likeness (QED) is 0.492. The van der Waals surface area contributed by atoms with Crippen LogP contribution in [0.1, 0.15) is 20.3 Å². The largest absolute Gasteiger partial charge is 0.518 e. The standard InChI is InChI=1S/C3H7.C3H5.Y/c2*1-3-2;/h1,3H2,2H3;1,3H,2H3;/q2*-1;. The van der Waals surface area contributed by atoms with Gasteiger partial charge in [-0.15, -0.1) is 0 Å². The second kappa shape index (κ2) is 28.9. The Morgan fingerprint density at radius 3 is 1.71 bits per heavy atom. The van der Waals surface area contributed by atoms with Gasteiger partial charge in [0.25, 0.3) is 0 Å². The number of hydrogen-bond acceptors (Lipinski definition) is 0. The van der Waals surface area contributed by atoms with Gasteiger partial charge in [0.15, 0.2) is 0 Å². The molecule has 0 aromatic rings. The van der Waals surface area contributed by atoms with E-state index < -0.39 is 0 Å². The molecule has 0 spiro atoms. The molecule has 0 saturated heterocycles. The smallest absolute Gasteiger partial charge is 0 e. The molecule has 0 heterocycles. The van der Waals surface area contributed by atoms with Crippen LogP contribution in [0.3, 0.4) is 0 Å². The number of rotatable bonds is 0. The van der Waals surface area contributed by atoms with Crippen molar-refractivity contribution < 1.29 is 32.7 Å². The average Bonchev–Trinajstić information content (AvgIpc) is 1.39. The van der Waals surface area contributed by atoms with E-state index >= 15 is 0 Å². The molecular formula is C6H12Y-2. The molecule has 0 aliphatic heterocycles. The fourth-order valence-corrected chi connectivity index (χ4v) is 0. The molecule has 0 saturated carbocycles. The summed E-state index contributed by atoms with van der Waals surface area (Å²) in [5.74, 6) is 0. The van der Waals surface area contributed by atoms with E-state index in [4.69, 9.17) is 6.58 Å². The first-order chi connectivity index (χ1) is 2.83. The van der Waals surface area contributed by atoms with Crippen LogP contribution in [0.5, 0.6) is 0 Å². The minimum absolute atomic E-state index is 0. The summed E-state index contributed by atoms with van der Waals surface area (Å²) < 4.78 is 0. The molecule has 0 aliphatic carbocycles. The van der Waals surface area contributed by atoms with Crippen LogP contribution in [-0.4, -0.2) is 0 Å². The average molecular weight is 173 g/mol. The molecule has 0 aliphatic rings. The van der Waals surface area contributed by atoms with Crippen molar-refractivity contribution in [3.63, 3.8) is 0 Å². The van der Waals surface area contributed by atoms with Gasteiger partial charge in [0.05, 0.1) is 0 Å². The molecule has 0 bridgehead atoms. The fraction of sp³-hybridized carbons (Fsp3) is 0.500. The molecule has 0 N–H and O–H groups in total. The SMILES string of the molecule is [CH-]=CC.[CH2-]CC.[Y]. The van der Waals surface area contributed by atoms with Crippen molar-refractivity contribution in [3.8, 4) is 0 Å². The maximum atomic E-state index is 4.72. The molecule has 0 atom stereocenters. The van der Waals surface area contributed by atoms with Crippen LogP contribution in [0, 0.1) is 13.5 Å². The Bertz CT molecular complexity index is 18.1. The zero-order valence-corrected chi connectivity index (χ0v) is 7.98. The Morgan fingerprint density at radius 2 is 1.71 bits per heavy atom. The van der Waals surface area contributed by atoms with Gasteiger partial charge in [0.2, 0.25) is 0 Å². The third-order valence-electron chi connectivity index (χ3n) is 0. The minimum Gasteiger partial charge on any atom is -0.518 e. The summed E-state index contributed by atoms with van der Waals surface area (Å²) in [6, 6.07) is 0. The van der Waals surface area contributed by atoms with Gasteiger partial charge in [-0.2, -0.15) is 6.42 Å². The van der Waals surface area contributed by atoms with Gasteiger partial charge in [-0.1, -0.05) is 13.8 Å². The first kappa shape index (κ1) is 15.7. The third-order valence-corrected chi connectivity index (χ3v) is 0. The van der Waals surface area contributed by atoms with Gasteiger partial charge in [0.1, 0.15) is 0 Å². The third kappa shape index (κ3) is 225. The Hall–Kier alpha value is 0.844. The predicted molar refractivity (Wildman–Crippen MR) is 30.2 cm³/mol. The second-order valence-electron chi connectivity index (χ2n) is 0.833. The Labute approximate surface area is 72.3 Å². The van der Waals surface area contributed by atoms with E-state index in [0.29, 0.717) is 0 Å². The van der Waals surface area contributed by atoms with Crippen LogP contribution >= 0.6 is 0 Å². The van der Waals surface area contributed by atoms with Crippen molar-refractivity contribution in [3.05, 3.63) is 19.6 Å². The second-order valence-corrected chi connectivity index (χ2v) is 0.833. The van der Waals surface area contributed by atoms with E-state index in [1.54, 1.807) is 6.92 Å². The van der Waals surface area contributed by atoms with E-state index in [0.717, 1.165) is 6.42 Å². The molecule has 0 unspecified atom stereocenters. The first-order valence-electron chi connectivity index (χ1n) is 2.12. The van der Waals surface area contributed by atoms with Crippen molar-refractivity contribution in [2.75, 3.05) is 0 Å². The Kier molecular flexibility index (Phi) is 64.6. The maximum Gasteiger partial charge on any atom is 0 e. The maximum absolute atomic E-state index is 4.72. The number of allylic oxidation sites excluding steroid dienone is 1. The summed E-state index contributed by atoms with van der Waals surface area (Å²) in [6.07, 6.45) is 2.50. The van der Waals surface area contributed by atoms with E-state index in [1.165, 1.54) is 6.08 Å². The van der Waals surface area contributed by atoms with E-state index in [9.17, 15) is 0 Å². The monoisotopic (exact) mass is 173 g/mol. The van der Waals surface area contributed by atoms with Gasteiger partial charge in [0, 0.05) is 32.7 Å². The normalized spacial score (nSPS) is 4.43. The van der Waals surface area contributed by atoms with Gasteiger partial charge in [-0.3, -0.25) is 6.08 Å². The van der Waals surface area contributed by atoms with Gasteiger partial charge in [-0.05, 0) is 0 Å². The predicted octanol–water partition coefficient (Wildman–Crippen LogP) is 2.22. The Balaban J connectivity index is -0.0000000400. The molecular weight excluding hydrogens is 161 g/mol. The molecule has 7 heavy (non-hydrogen) atoms. The molecule has 0 rings (SSSR count). The van der Waals surface area contributed by atoms with E-state index in [-0.39, 0.29) is 32.7 Å². The van der Waals surface area contributed by atoms with Crippen molar-refractivity contribution in [2.24, 2.45) is 0 Å². The van der Waals surface area contributed by atoms with Crippen molar-refractivity contribution in [2.45, 2.75) is 20.3 Å². The summed E-state index contributed by atoms with van der Waals surface area (Å²) in [5, 5.41) is 0. The topological polar surface area (TPSA) is 0 Å². The van der Waals surface area contributed by atoms with Crippen LogP contribution in [0.25, 0.3) is 0 Å². The summed E-state index contributed by atoms with van der Waals surface area (Å²) in [7, 11) is 0. The van der Waals surface area contributed by atoms with Gasteiger partial charge in [-0.25, -0.2) is 0 Å². The fourth-order valence-electron chi connectivity index (χ4n) is 0. The van der Waals surface area contributed by atoms with Crippen LogP contribution in [0.4, 0.5) is 0 Å².